The second kappa shape index (κ2) is 6.83. The molecule has 0 aliphatic carbocycles. The normalized spacial score (nSPS) is 14.1. The van der Waals surface area contributed by atoms with Crippen molar-refractivity contribution in [2.75, 3.05) is 5.73 Å². The summed E-state index contributed by atoms with van der Waals surface area (Å²) in [5.41, 5.74) is 12.6. The third-order valence-corrected chi connectivity index (χ3v) is 4.92. The fourth-order valence-corrected chi connectivity index (χ4v) is 3.49. The first-order valence-corrected chi connectivity index (χ1v) is 9.10. The van der Waals surface area contributed by atoms with Gasteiger partial charge < -0.3 is 10.7 Å². The van der Waals surface area contributed by atoms with E-state index in [4.69, 9.17) is 5.73 Å². The number of nitrogen functional groups attached to an aromatic ring is 1. The molecule has 3 aromatic rings. The van der Waals surface area contributed by atoms with E-state index in [9.17, 15) is 4.79 Å². The van der Waals surface area contributed by atoms with Crippen LogP contribution in [0.5, 0.6) is 0 Å². The van der Waals surface area contributed by atoms with Crippen molar-refractivity contribution in [2.45, 2.75) is 33.1 Å². The molecular weight excluding hydrogens is 336 g/mol. The van der Waals surface area contributed by atoms with E-state index < -0.39 is 0 Å². The number of aromatic nitrogens is 2. The molecule has 4 rings (SSSR count). The Morgan fingerprint density at radius 3 is 2.81 bits per heavy atom. The number of Topliss-reactive ketones (excluding diaryl/α,β-unsaturated/α-hetero) is 1. The van der Waals surface area contributed by atoms with Gasteiger partial charge in [0, 0.05) is 41.2 Å². The molecule has 3 heterocycles. The van der Waals surface area contributed by atoms with Gasteiger partial charge in [-0.2, -0.15) is 0 Å². The summed E-state index contributed by atoms with van der Waals surface area (Å²) in [6, 6.07) is 12.1. The van der Waals surface area contributed by atoms with Gasteiger partial charge in [0.1, 0.15) is 5.82 Å². The van der Waals surface area contributed by atoms with Crippen LogP contribution < -0.4 is 5.73 Å². The zero-order valence-electron chi connectivity index (χ0n) is 15.5. The smallest absolute Gasteiger partial charge is 0.177 e. The molecular formula is C22H22N4O. The Morgan fingerprint density at radius 1 is 1.19 bits per heavy atom. The summed E-state index contributed by atoms with van der Waals surface area (Å²) in [5.74, 6) is 0.587. The van der Waals surface area contributed by atoms with Crippen molar-refractivity contribution in [3.05, 3.63) is 65.0 Å². The first kappa shape index (κ1) is 17.2. The lowest BCUT2D eigenvalue weighted by molar-refractivity contribution is -0.113. The maximum Gasteiger partial charge on any atom is 0.177 e. The fraction of sp³-hybridized carbons (Fsp3) is 0.227. The molecule has 0 radical (unpaired) electrons. The molecule has 0 amide bonds. The van der Waals surface area contributed by atoms with Crippen LogP contribution in [0.1, 0.15) is 36.6 Å². The number of carbonyl (C=O) groups is 1. The monoisotopic (exact) mass is 358 g/mol. The number of H-pyrrole nitrogens is 1. The van der Waals surface area contributed by atoms with Gasteiger partial charge in [-0.05, 0) is 55.7 Å². The summed E-state index contributed by atoms with van der Waals surface area (Å²) in [5, 5.41) is 1.16. The summed E-state index contributed by atoms with van der Waals surface area (Å²) >= 11 is 0. The molecule has 3 N–H and O–H groups in total. The molecule has 0 saturated heterocycles. The minimum Gasteiger partial charge on any atom is -0.384 e. The molecule has 1 aliphatic rings. The molecule has 0 bridgehead atoms. The van der Waals surface area contributed by atoms with Crippen LogP contribution in [0.2, 0.25) is 0 Å². The van der Waals surface area contributed by atoms with Crippen molar-refractivity contribution < 1.29 is 4.79 Å². The number of pyridine rings is 1. The maximum absolute atomic E-state index is 12.6. The van der Waals surface area contributed by atoms with Crippen molar-refractivity contribution in [1.82, 2.24) is 9.97 Å². The number of carbonyl (C=O) groups excluding carboxylic acids is 1. The molecule has 0 saturated carbocycles. The molecule has 27 heavy (non-hydrogen) atoms. The third kappa shape index (κ3) is 3.53. The van der Waals surface area contributed by atoms with Gasteiger partial charge in [-0.25, -0.2) is 9.98 Å². The molecule has 1 aliphatic heterocycles. The zero-order chi connectivity index (χ0) is 19.0. The molecule has 0 fully saturated rings. The number of hydrogen-bond acceptors (Lipinski definition) is 4. The third-order valence-electron chi connectivity index (χ3n) is 4.92. The lowest BCUT2D eigenvalue weighted by Gasteiger charge is -2.02. The Bertz CT molecular complexity index is 1090. The highest BCUT2D eigenvalue weighted by molar-refractivity contribution is 6.42. The second-order valence-corrected chi connectivity index (χ2v) is 7.13. The minimum absolute atomic E-state index is 0.0970. The largest absolute Gasteiger partial charge is 0.384 e. The quantitative estimate of drug-likeness (QED) is 0.716. The highest BCUT2D eigenvalue weighted by atomic mass is 16.1. The molecule has 5 nitrogen and oxygen atoms in total. The van der Waals surface area contributed by atoms with Crippen molar-refractivity contribution in [2.24, 2.45) is 4.99 Å². The van der Waals surface area contributed by atoms with Crippen LogP contribution in [0.3, 0.4) is 0 Å². The highest BCUT2D eigenvalue weighted by Gasteiger charge is 2.21. The Labute approximate surface area is 158 Å². The Morgan fingerprint density at radius 2 is 2.04 bits per heavy atom. The van der Waals surface area contributed by atoms with Crippen molar-refractivity contribution in [1.29, 1.82) is 0 Å². The van der Waals surface area contributed by atoms with Crippen molar-refractivity contribution in [3.63, 3.8) is 0 Å². The van der Waals surface area contributed by atoms with Gasteiger partial charge in [-0.15, -0.1) is 0 Å². The summed E-state index contributed by atoms with van der Waals surface area (Å²) in [4.78, 5) is 24.7. The van der Waals surface area contributed by atoms with Crippen LogP contribution in [0.4, 0.5) is 5.82 Å². The Hall–Kier alpha value is -3.21. The molecule has 0 atom stereocenters. The molecule has 2 aromatic heterocycles. The minimum atomic E-state index is 0.0970. The summed E-state index contributed by atoms with van der Waals surface area (Å²) < 4.78 is 0. The predicted molar refractivity (Wildman–Crippen MR) is 110 cm³/mol. The predicted octanol–water partition coefficient (Wildman–Crippen LogP) is 4.23. The van der Waals surface area contributed by atoms with Crippen LogP contribution >= 0.6 is 0 Å². The van der Waals surface area contributed by atoms with Crippen LogP contribution in [0, 0.1) is 6.92 Å². The first-order chi connectivity index (χ1) is 13.0. The number of aliphatic imine (C=N–C) groups is 1. The number of nitrogens with two attached hydrogens (primary N) is 1. The zero-order valence-corrected chi connectivity index (χ0v) is 15.5. The average Bonchev–Trinajstić information content (AvgIpc) is 3.22. The number of ketones is 1. The van der Waals surface area contributed by atoms with Gasteiger partial charge in [0.15, 0.2) is 5.78 Å². The van der Waals surface area contributed by atoms with Gasteiger partial charge in [-0.1, -0.05) is 12.1 Å². The van der Waals surface area contributed by atoms with E-state index in [2.05, 4.69) is 46.1 Å². The summed E-state index contributed by atoms with van der Waals surface area (Å²) in [6.07, 6.45) is 3.43. The van der Waals surface area contributed by atoms with E-state index in [-0.39, 0.29) is 5.78 Å². The van der Waals surface area contributed by atoms with E-state index in [0.717, 1.165) is 39.0 Å². The number of rotatable bonds is 5. The Balaban J connectivity index is 1.50. The lowest BCUT2D eigenvalue weighted by atomic mass is 10.0. The average molecular weight is 358 g/mol. The molecule has 136 valence electrons. The first-order valence-electron chi connectivity index (χ1n) is 9.10. The van der Waals surface area contributed by atoms with Crippen LogP contribution in [0.15, 0.2) is 53.2 Å². The second-order valence-electron chi connectivity index (χ2n) is 7.13. The van der Waals surface area contributed by atoms with Gasteiger partial charge in [-0.3, -0.25) is 4.79 Å². The number of fused-ring (bicyclic) bond motifs is 1. The van der Waals surface area contributed by atoms with E-state index >= 15 is 0 Å². The van der Waals surface area contributed by atoms with Crippen LogP contribution in [0.25, 0.3) is 16.6 Å². The van der Waals surface area contributed by atoms with Gasteiger partial charge in [0.25, 0.3) is 0 Å². The molecule has 0 unspecified atom stereocenters. The number of anilines is 1. The van der Waals surface area contributed by atoms with Crippen molar-refractivity contribution in [3.8, 4) is 0 Å². The lowest BCUT2D eigenvalue weighted by Crippen LogP contribution is -2.13. The fourth-order valence-electron chi connectivity index (χ4n) is 3.49. The molecule has 1 aromatic carbocycles. The van der Waals surface area contributed by atoms with E-state index in [1.54, 1.807) is 12.3 Å². The van der Waals surface area contributed by atoms with E-state index in [1.807, 2.05) is 13.0 Å². The van der Waals surface area contributed by atoms with E-state index in [0.29, 0.717) is 30.8 Å². The summed E-state index contributed by atoms with van der Waals surface area (Å²) in [6.45, 7) is 4.10. The number of allylic oxidation sites excluding steroid dienone is 1. The van der Waals surface area contributed by atoms with Gasteiger partial charge >= 0.3 is 0 Å². The van der Waals surface area contributed by atoms with Crippen LogP contribution in [-0.4, -0.2) is 21.5 Å². The van der Waals surface area contributed by atoms with Crippen LogP contribution in [-0.2, 0) is 11.2 Å². The molecule has 5 heteroatoms. The van der Waals surface area contributed by atoms with Crippen molar-refractivity contribution >= 4 is 33.9 Å². The topological polar surface area (TPSA) is 84.1 Å². The summed E-state index contributed by atoms with van der Waals surface area (Å²) in [7, 11) is 0. The number of nitrogens with zero attached hydrogens (tertiary/aromatic N) is 2. The van der Waals surface area contributed by atoms with Gasteiger partial charge in [0.05, 0.1) is 11.4 Å². The SMILES string of the molecule is CC1=C(c2ccc3[nH]c(C)cc3c2)N=C(C(=O)CCc2ccc(N)nc2)C1. The van der Waals surface area contributed by atoms with E-state index in [1.165, 1.54) is 0 Å². The maximum atomic E-state index is 12.6. The highest BCUT2D eigenvalue weighted by Crippen LogP contribution is 2.31. The standard InChI is InChI=1S/C22H22N4O/c1-13-9-19(20(27)7-3-15-4-8-21(23)24-12-15)26-22(13)16-5-6-18-17(11-16)10-14(2)25-18/h4-6,8,10-12,25H,3,7,9H2,1-2H3,(H2,23,24). The Kier molecular flexibility index (Phi) is 4.36. The number of aromatic amines is 1. The van der Waals surface area contributed by atoms with Gasteiger partial charge in [0.2, 0.25) is 0 Å². The number of hydrogen-bond donors (Lipinski definition) is 2. The number of aryl methyl sites for hydroxylation is 2. The molecule has 0 spiro atoms. The number of benzene rings is 1. The number of nitrogens with one attached hydrogen (secondary N) is 1.